The van der Waals surface area contributed by atoms with E-state index in [1.807, 2.05) is 0 Å². The van der Waals surface area contributed by atoms with Crippen LogP contribution in [-0.2, 0) is 120 Å². The van der Waals surface area contributed by atoms with E-state index in [4.69, 9.17) is 0 Å². The first-order valence-corrected chi connectivity index (χ1v) is 35.7. The Morgan fingerprint density at radius 3 is 0.567 bits per heavy atom. The van der Waals surface area contributed by atoms with Crippen molar-refractivity contribution in [2.75, 3.05) is 26.2 Å². The normalized spacial score (nSPS) is 20.3. The van der Waals surface area contributed by atoms with Crippen LogP contribution in [0, 0.1) is 0 Å². The van der Waals surface area contributed by atoms with Crippen molar-refractivity contribution in [2.45, 2.75) is 226 Å². The Morgan fingerprint density at radius 2 is 0.444 bits per heavy atom. The topological polar surface area (TPSA) is 299 Å². The van der Waals surface area contributed by atoms with Gasteiger partial charge in [0.25, 0.3) is 0 Å². The molecule has 0 aromatic heterocycles. The first-order valence-electron chi connectivity index (χ1n) is 30.0. The average Bonchev–Trinajstić information content (AvgIpc) is 3.67. The third kappa shape index (κ3) is 20.3. The zero-order chi connectivity index (χ0) is 66.2. The third-order valence-corrected chi connectivity index (χ3v) is 24.0. The molecule has 4 aliphatic rings. The number of sulfonamides is 4. The monoisotopic (exact) mass is 1510 g/mol. The average molecular weight is 1510 g/mol. The van der Waals surface area contributed by atoms with Gasteiger partial charge in [-0.05, 0) is 169 Å². The van der Waals surface area contributed by atoms with Crippen LogP contribution in [0.3, 0.4) is 0 Å². The molecule has 4 N–H and O–H groups in total. The number of hydrogen-bond donors (Lipinski definition) is 4. The quantitative estimate of drug-likeness (QED) is 0.0959. The maximum atomic E-state index is 12.7. The van der Waals surface area contributed by atoms with Crippen LogP contribution in [0.4, 0.5) is 0 Å². The van der Waals surface area contributed by atoms with Gasteiger partial charge in [0.05, 0.1) is 19.6 Å². The first-order chi connectivity index (χ1) is 40.5. The molecule has 90 heavy (non-hydrogen) atoms. The molecular weight excluding hydrogens is 1410 g/mol. The van der Waals surface area contributed by atoms with Crippen LogP contribution in [0.15, 0.2) is 117 Å². The van der Waals surface area contributed by atoms with E-state index in [-0.39, 0.29) is 106 Å². The second kappa shape index (κ2) is 32.2. The van der Waals surface area contributed by atoms with Crippen molar-refractivity contribution in [3.05, 3.63) is 119 Å². The number of benzene rings is 4. The van der Waals surface area contributed by atoms with E-state index >= 15 is 0 Å². The van der Waals surface area contributed by atoms with Gasteiger partial charge in [0, 0.05) is 65.1 Å². The zero-order valence-corrected chi connectivity index (χ0v) is 60.2. The summed E-state index contributed by atoms with van der Waals surface area (Å²) in [6, 6.07) is 23.1. The predicted octanol–water partition coefficient (Wildman–Crippen LogP) is 10.4. The van der Waals surface area contributed by atoms with Gasteiger partial charge in [-0.15, -0.1) is 0 Å². The molecule has 0 aliphatic carbocycles. The third-order valence-electron chi connectivity index (χ3n) is 16.3. The van der Waals surface area contributed by atoms with Crippen LogP contribution in [0.25, 0.3) is 0 Å². The number of hydrogen-bond acceptors (Lipinski definition) is 12. The number of carbonyl (C=O) groups is 4. The van der Waals surface area contributed by atoms with E-state index in [9.17, 15) is 73.3 Å². The number of rotatable bonds is 12. The molecule has 4 aromatic carbocycles. The fourth-order valence-corrected chi connectivity index (χ4v) is 17.4. The molecule has 4 fully saturated rings. The van der Waals surface area contributed by atoms with Crippen molar-refractivity contribution in [1.29, 1.82) is 0 Å². The van der Waals surface area contributed by atoms with Crippen molar-refractivity contribution in [3.8, 4) is 0 Å². The minimum atomic E-state index is -3.77. The standard InChI is InChI=1S/4C16H23NO4S.2Rh/c4*1-16(2,3)12-7-9-13(10-8-12)22(20,21)17-11-5-4-6-14(17)15(18)19;;/h4*7-10,14H,4-6,11H2,1-3H3,(H,18,19);;. The van der Waals surface area contributed by atoms with Crippen molar-refractivity contribution in [3.63, 3.8) is 0 Å². The fourth-order valence-electron chi connectivity index (χ4n) is 10.8. The summed E-state index contributed by atoms with van der Waals surface area (Å²) in [4.78, 5) is 45.9. The summed E-state index contributed by atoms with van der Waals surface area (Å²) in [6.07, 6.45) is 7.24. The number of aliphatic carboxylic acids is 4. The molecule has 4 unspecified atom stereocenters. The van der Waals surface area contributed by atoms with E-state index in [1.54, 1.807) is 97.1 Å². The van der Waals surface area contributed by atoms with Gasteiger partial charge >= 0.3 is 23.9 Å². The molecule has 20 nitrogen and oxygen atoms in total. The van der Waals surface area contributed by atoms with Crippen LogP contribution < -0.4 is 0 Å². The van der Waals surface area contributed by atoms with Crippen molar-refractivity contribution >= 4 is 64.0 Å². The largest absolute Gasteiger partial charge is 0.480 e. The molecule has 0 amide bonds. The number of piperidine rings is 4. The minimum Gasteiger partial charge on any atom is -0.480 e. The van der Waals surface area contributed by atoms with Gasteiger partial charge in [-0.3, -0.25) is 19.2 Å². The van der Waals surface area contributed by atoms with Crippen molar-refractivity contribution in [2.24, 2.45) is 0 Å². The van der Waals surface area contributed by atoms with E-state index in [0.717, 1.165) is 65.2 Å². The van der Waals surface area contributed by atoms with Crippen LogP contribution in [0.1, 0.15) is 182 Å². The van der Waals surface area contributed by atoms with Crippen LogP contribution in [-0.4, -0.2) is 146 Å². The molecule has 0 saturated carbocycles. The van der Waals surface area contributed by atoms with E-state index < -0.39 is 88.1 Å². The summed E-state index contributed by atoms with van der Waals surface area (Å²) < 4.78 is 106. The Hall–Kier alpha value is -4.35. The van der Waals surface area contributed by atoms with E-state index in [1.165, 1.54) is 0 Å². The molecule has 506 valence electrons. The van der Waals surface area contributed by atoms with Crippen LogP contribution in [0.5, 0.6) is 0 Å². The Balaban J connectivity index is 0.000000311. The summed E-state index contributed by atoms with van der Waals surface area (Å²) in [5.41, 5.74) is 3.93. The molecule has 4 heterocycles. The molecule has 4 saturated heterocycles. The van der Waals surface area contributed by atoms with Gasteiger partial charge in [0.15, 0.2) is 0 Å². The molecule has 2 radical (unpaired) electrons. The summed E-state index contributed by atoms with van der Waals surface area (Å²) in [7, 11) is -15.1. The molecule has 0 spiro atoms. The van der Waals surface area contributed by atoms with Gasteiger partial charge in [-0.1, -0.05) is 132 Å². The summed E-state index contributed by atoms with van der Waals surface area (Å²) in [5.74, 6) is -4.30. The maximum Gasteiger partial charge on any atom is 0.322 e. The fraction of sp³-hybridized carbons (Fsp3) is 0.562. The summed E-state index contributed by atoms with van der Waals surface area (Å²) in [5, 5.41) is 37.1. The van der Waals surface area contributed by atoms with Crippen molar-refractivity contribution < 1.29 is 112 Å². The van der Waals surface area contributed by atoms with Crippen LogP contribution in [0.2, 0.25) is 0 Å². The SMILES string of the molecule is CC(C)(C)c1ccc(S(=O)(=O)N2CCCCC2C(=O)O)cc1.CC(C)(C)c1ccc(S(=O)(=O)N2CCCCC2C(=O)O)cc1.CC(C)(C)c1ccc(S(=O)(=O)N2CCCCC2C(=O)O)cc1.CC(C)(C)c1ccc(S(=O)(=O)N2CCCCC2C(=O)O)cc1.[Rh].[Rh]. The van der Waals surface area contributed by atoms with E-state index in [2.05, 4.69) is 83.1 Å². The number of carboxylic acids is 4. The Bertz CT molecular complexity index is 3060. The van der Waals surface area contributed by atoms with Crippen LogP contribution >= 0.6 is 0 Å². The van der Waals surface area contributed by atoms with Gasteiger partial charge in [0.1, 0.15) is 24.2 Å². The Labute approximate surface area is 560 Å². The molecule has 0 bridgehead atoms. The molecule has 26 heteroatoms. The van der Waals surface area contributed by atoms with Gasteiger partial charge in [0.2, 0.25) is 40.1 Å². The predicted molar refractivity (Wildman–Crippen MR) is 337 cm³/mol. The number of carboxylic acid groups (broad SMARTS) is 4. The Kier molecular flexibility index (Phi) is 28.6. The van der Waals surface area contributed by atoms with Gasteiger partial charge in [-0.25, -0.2) is 33.7 Å². The van der Waals surface area contributed by atoms with Crippen molar-refractivity contribution in [1.82, 2.24) is 17.2 Å². The molecule has 4 aliphatic heterocycles. The second-order valence-electron chi connectivity index (χ2n) is 27.0. The van der Waals surface area contributed by atoms with Gasteiger partial charge < -0.3 is 20.4 Å². The second-order valence-corrected chi connectivity index (χ2v) is 34.5. The summed E-state index contributed by atoms with van der Waals surface area (Å²) in [6.45, 7) is 25.7. The smallest absolute Gasteiger partial charge is 0.322 e. The molecule has 8 rings (SSSR count). The Morgan fingerprint density at radius 1 is 0.300 bits per heavy atom. The summed E-state index contributed by atoms with van der Waals surface area (Å²) >= 11 is 0. The first kappa shape index (κ1) is 79.9. The van der Waals surface area contributed by atoms with E-state index in [0.29, 0.717) is 51.4 Å². The number of nitrogens with zero attached hydrogens (tertiary/aromatic N) is 4. The molecule has 4 atom stereocenters. The molecular formula is C64H92N4O16Rh2S4. The minimum absolute atomic E-state index is 0. The molecule has 4 aromatic rings. The maximum absolute atomic E-state index is 12.7. The van der Waals surface area contributed by atoms with Gasteiger partial charge in [-0.2, -0.15) is 17.2 Å². The zero-order valence-electron chi connectivity index (χ0n) is 53.6.